The highest BCUT2D eigenvalue weighted by Crippen LogP contribution is 2.31. The van der Waals surface area contributed by atoms with Crippen molar-refractivity contribution in [1.82, 2.24) is 14.4 Å². The molecule has 0 aliphatic carbocycles. The van der Waals surface area contributed by atoms with E-state index in [0.717, 1.165) is 43.7 Å². The average Bonchev–Trinajstić information content (AvgIpc) is 2.75. The lowest BCUT2D eigenvalue weighted by molar-refractivity contribution is 0.148. The van der Waals surface area contributed by atoms with Gasteiger partial charge in [0, 0.05) is 38.8 Å². The summed E-state index contributed by atoms with van der Waals surface area (Å²) in [5.41, 5.74) is 3.41. The number of hydrogen-bond donors (Lipinski definition) is 0. The van der Waals surface area contributed by atoms with E-state index in [-0.39, 0.29) is 5.92 Å². The second-order valence-electron chi connectivity index (χ2n) is 8.50. The van der Waals surface area contributed by atoms with Crippen molar-refractivity contribution in [2.75, 3.05) is 40.3 Å². The first-order valence-corrected chi connectivity index (χ1v) is 11.1. The Balaban J connectivity index is 1.69. The van der Waals surface area contributed by atoms with Crippen LogP contribution in [-0.2, 0) is 6.54 Å². The summed E-state index contributed by atoms with van der Waals surface area (Å²) in [6.07, 6.45) is 0. The molecule has 1 aliphatic heterocycles. The lowest BCUT2D eigenvalue weighted by atomic mass is 10.0. The van der Waals surface area contributed by atoms with Crippen LogP contribution in [0.3, 0.4) is 0 Å². The number of likely N-dealkylation sites (N-methyl/N-ethyl adjacent to an activating group) is 1. The number of benzene rings is 2. The number of methoxy groups -OCH3 is 1. The number of ether oxygens (including phenoxy) is 1. The van der Waals surface area contributed by atoms with Gasteiger partial charge in [-0.05, 0) is 42.3 Å². The highest BCUT2D eigenvalue weighted by molar-refractivity contribution is 7.71. The molecule has 1 saturated heterocycles. The first-order chi connectivity index (χ1) is 14.9. The van der Waals surface area contributed by atoms with E-state index in [4.69, 9.17) is 21.4 Å². The molecular formula is C24H29N3O3S. The zero-order chi connectivity index (χ0) is 22.1. The van der Waals surface area contributed by atoms with Gasteiger partial charge >= 0.3 is 5.76 Å². The molecule has 7 heteroatoms. The monoisotopic (exact) mass is 439 g/mol. The van der Waals surface area contributed by atoms with Crippen molar-refractivity contribution in [2.24, 2.45) is 0 Å². The molecule has 0 radical (unpaired) electrons. The van der Waals surface area contributed by atoms with Crippen molar-refractivity contribution in [3.05, 3.63) is 62.7 Å². The van der Waals surface area contributed by atoms with Crippen LogP contribution in [0.4, 0.5) is 0 Å². The lowest BCUT2D eigenvalue weighted by Gasteiger charge is -2.32. The third-order valence-corrected chi connectivity index (χ3v) is 6.37. The molecule has 31 heavy (non-hydrogen) atoms. The molecule has 0 unspecified atom stereocenters. The normalized spacial score (nSPS) is 15.6. The van der Waals surface area contributed by atoms with Gasteiger partial charge in [-0.3, -0.25) is 4.90 Å². The van der Waals surface area contributed by atoms with Crippen molar-refractivity contribution < 1.29 is 9.15 Å². The van der Waals surface area contributed by atoms with E-state index in [0.29, 0.717) is 21.7 Å². The van der Waals surface area contributed by atoms with Gasteiger partial charge in [-0.1, -0.05) is 38.2 Å². The van der Waals surface area contributed by atoms with Gasteiger partial charge in [0.25, 0.3) is 0 Å². The Kier molecular flexibility index (Phi) is 6.27. The Labute approximate surface area is 187 Å². The maximum atomic E-state index is 12.8. The van der Waals surface area contributed by atoms with Crippen LogP contribution in [0.2, 0.25) is 0 Å². The molecule has 1 fully saturated rings. The number of rotatable bonds is 5. The summed E-state index contributed by atoms with van der Waals surface area (Å²) in [5, 5.41) is 0.737. The summed E-state index contributed by atoms with van der Waals surface area (Å²) in [6, 6.07) is 11.7. The molecule has 6 nitrogen and oxygen atoms in total. The Bertz CT molecular complexity index is 1190. The first-order valence-electron chi connectivity index (χ1n) is 10.7. The van der Waals surface area contributed by atoms with Crippen LogP contribution < -0.4 is 10.5 Å². The summed E-state index contributed by atoms with van der Waals surface area (Å²) in [5.74, 6) is 0.456. The second kappa shape index (κ2) is 8.94. The van der Waals surface area contributed by atoms with Gasteiger partial charge in [0.2, 0.25) is 0 Å². The van der Waals surface area contributed by atoms with Crippen LogP contribution in [0.1, 0.15) is 30.9 Å². The van der Waals surface area contributed by atoms with Crippen LogP contribution in [0.15, 0.2) is 45.6 Å². The fraction of sp³-hybridized carbons (Fsp3) is 0.417. The highest BCUT2D eigenvalue weighted by Gasteiger charge is 2.16. The van der Waals surface area contributed by atoms with Gasteiger partial charge in [0.15, 0.2) is 0 Å². The third kappa shape index (κ3) is 4.44. The molecule has 2 aromatic carbocycles. The summed E-state index contributed by atoms with van der Waals surface area (Å²) < 4.78 is 13.0. The van der Waals surface area contributed by atoms with Gasteiger partial charge in [-0.15, -0.1) is 0 Å². The Hall–Kier alpha value is -2.48. The molecule has 0 spiro atoms. The van der Waals surface area contributed by atoms with E-state index < -0.39 is 5.76 Å². The minimum absolute atomic E-state index is 0.253. The zero-order valence-corrected chi connectivity index (χ0v) is 19.4. The Morgan fingerprint density at radius 2 is 1.77 bits per heavy atom. The molecule has 2 heterocycles. The highest BCUT2D eigenvalue weighted by atomic mass is 32.1. The molecule has 4 rings (SSSR count). The van der Waals surface area contributed by atoms with Crippen molar-refractivity contribution in [3.63, 3.8) is 0 Å². The molecule has 1 aromatic heterocycles. The van der Waals surface area contributed by atoms with Gasteiger partial charge in [-0.25, -0.2) is 9.36 Å². The lowest BCUT2D eigenvalue weighted by Crippen LogP contribution is -2.43. The summed E-state index contributed by atoms with van der Waals surface area (Å²) in [4.78, 5) is 17.6. The fourth-order valence-corrected chi connectivity index (χ4v) is 4.38. The van der Waals surface area contributed by atoms with Gasteiger partial charge in [-0.2, -0.15) is 0 Å². The second-order valence-corrected chi connectivity index (χ2v) is 8.89. The zero-order valence-electron chi connectivity index (χ0n) is 18.6. The Morgan fingerprint density at radius 3 is 2.39 bits per heavy atom. The Morgan fingerprint density at radius 1 is 1.10 bits per heavy atom. The van der Waals surface area contributed by atoms with E-state index in [1.807, 2.05) is 18.2 Å². The van der Waals surface area contributed by atoms with E-state index >= 15 is 0 Å². The number of nitrogens with zero attached hydrogens (tertiary/aromatic N) is 3. The molecule has 0 atom stereocenters. The quantitative estimate of drug-likeness (QED) is 0.556. The standard InChI is InChI=1S/C24H29N3O3S/c1-16(2)19-13-20-22(14-21(19)29-4)30-24(28)27(23(20)31)18-7-5-17(6-8-18)15-26-11-9-25(3)10-12-26/h5-8,13-14,16H,9-12,15H2,1-4H3. The molecular weight excluding hydrogens is 410 g/mol. The number of aromatic nitrogens is 1. The van der Waals surface area contributed by atoms with Gasteiger partial charge in [0.05, 0.1) is 18.2 Å². The predicted octanol–water partition coefficient (Wildman–Crippen LogP) is 4.19. The van der Waals surface area contributed by atoms with Crippen molar-refractivity contribution >= 4 is 23.2 Å². The fourth-order valence-electron chi connectivity index (χ4n) is 4.04. The number of fused-ring (bicyclic) bond motifs is 1. The van der Waals surface area contributed by atoms with Gasteiger partial charge < -0.3 is 14.1 Å². The van der Waals surface area contributed by atoms with Crippen molar-refractivity contribution in [2.45, 2.75) is 26.3 Å². The topological polar surface area (TPSA) is 50.9 Å². The van der Waals surface area contributed by atoms with E-state index in [1.165, 1.54) is 10.1 Å². The SMILES string of the molecule is COc1cc2oc(=O)n(-c3ccc(CN4CCN(C)CC4)cc3)c(=S)c2cc1C(C)C. The maximum Gasteiger partial charge on any atom is 0.425 e. The molecule has 0 amide bonds. The van der Waals surface area contributed by atoms with Crippen LogP contribution in [0, 0.1) is 4.64 Å². The maximum absolute atomic E-state index is 12.8. The molecule has 0 N–H and O–H groups in total. The predicted molar refractivity (Wildman–Crippen MR) is 126 cm³/mol. The smallest absolute Gasteiger partial charge is 0.425 e. The van der Waals surface area contributed by atoms with Crippen LogP contribution in [0.5, 0.6) is 5.75 Å². The molecule has 3 aromatic rings. The third-order valence-electron chi connectivity index (χ3n) is 5.96. The van der Waals surface area contributed by atoms with E-state index in [9.17, 15) is 4.79 Å². The minimum atomic E-state index is -0.497. The van der Waals surface area contributed by atoms with Crippen LogP contribution in [-0.4, -0.2) is 54.7 Å². The average molecular weight is 440 g/mol. The van der Waals surface area contributed by atoms with Crippen LogP contribution in [0.25, 0.3) is 16.7 Å². The van der Waals surface area contributed by atoms with E-state index in [1.54, 1.807) is 13.2 Å². The largest absolute Gasteiger partial charge is 0.496 e. The van der Waals surface area contributed by atoms with Crippen molar-refractivity contribution in [3.8, 4) is 11.4 Å². The summed E-state index contributed by atoms with van der Waals surface area (Å²) >= 11 is 5.71. The molecule has 0 saturated carbocycles. The van der Waals surface area contributed by atoms with Crippen molar-refractivity contribution in [1.29, 1.82) is 0 Å². The summed E-state index contributed by atoms with van der Waals surface area (Å²) in [6.45, 7) is 9.42. The first kappa shape index (κ1) is 21.7. The van der Waals surface area contributed by atoms with E-state index in [2.05, 4.69) is 42.8 Å². The minimum Gasteiger partial charge on any atom is -0.496 e. The summed E-state index contributed by atoms with van der Waals surface area (Å²) in [7, 11) is 3.78. The number of piperazine rings is 1. The molecule has 1 aliphatic rings. The molecule has 0 bridgehead atoms. The van der Waals surface area contributed by atoms with Crippen LogP contribution >= 0.6 is 12.2 Å². The molecule has 164 valence electrons. The number of hydrogen-bond acceptors (Lipinski definition) is 6. The van der Waals surface area contributed by atoms with Gasteiger partial charge in [0.1, 0.15) is 16.0 Å².